The molecule has 0 unspecified atom stereocenters. The molecule has 154 valence electrons. The van der Waals surface area contributed by atoms with Crippen LogP contribution in [0.15, 0.2) is 97.1 Å². The van der Waals surface area contributed by atoms with Gasteiger partial charge in [0.25, 0.3) is 5.91 Å². The highest BCUT2D eigenvalue weighted by atomic mass is 16.5. The third kappa shape index (κ3) is 5.70. The molecule has 5 heteroatoms. The molecule has 0 spiro atoms. The van der Waals surface area contributed by atoms with Crippen LogP contribution < -0.4 is 15.4 Å². The summed E-state index contributed by atoms with van der Waals surface area (Å²) in [7, 11) is 0. The van der Waals surface area contributed by atoms with Crippen LogP contribution in [-0.4, -0.2) is 18.4 Å². The van der Waals surface area contributed by atoms with Gasteiger partial charge in [0.1, 0.15) is 5.75 Å². The van der Waals surface area contributed by atoms with Gasteiger partial charge in [-0.05, 0) is 46.7 Å². The molecular formula is C26H22N2O3. The summed E-state index contributed by atoms with van der Waals surface area (Å²) in [6.45, 7) is -0.108. The molecule has 0 aliphatic carbocycles. The molecule has 4 aromatic carbocycles. The van der Waals surface area contributed by atoms with Gasteiger partial charge in [-0.3, -0.25) is 9.59 Å². The first-order chi connectivity index (χ1) is 15.2. The first-order valence-electron chi connectivity index (χ1n) is 10.0. The summed E-state index contributed by atoms with van der Waals surface area (Å²) < 4.78 is 5.63. The summed E-state index contributed by atoms with van der Waals surface area (Å²) >= 11 is 0. The number of anilines is 2. The zero-order chi connectivity index (χ0) is 21.5. The van der Waals surface area contributed by atoms with Crippen molar-refractivity contribution in [1.29, 1.82) is 0 Å². The van der Waals surface area contributed by atoms with E-state index in [4.69, 9.17) is 4.74 Å². The van der Waals surface area contributed by atoms with Crippen molar-refractivity contribution < 1.29 is 14.3 Å². The third-order valence-corrected chi connectivity index (χ3v) is 4.73. The van der Waals surface area contributed by atoms with Gasteiger partial charge in [0.15, 0.2) is 6.61 Å². The van der Waals surface area contributed by atoms with Gasteiger partial charge in [-0.15, -0.1) is 0 Å². The molecule has 0 saturated heterocycles. The second-order valence-electron chi connectivity index (χ2n) is 7.14. The summed E-state index contributed by atoms with van der Waals surface area (Å²) in [5.41, 5.74) is 2.15. The van der Waals surface area contributed by atoms with E-state index in [1.165, 1.54) is 0 Å². The van der Waals surface area contributed by atoms with Crippen molar-refractivity contribution in [2.75, 3.05) is 17.2 Å². The standard InChI is InChI=1S/C26H22N2O3/c29-25(15-19-7-2-1-3-8-19)27-22-11-6-12-23(17-22)28-26(30)18-31-24-14-13-20-9-4-5-10-21(20)16-24/h1-14,16-17H,15,18H2,(H,27,29)(H,28,30). The average Bonchev–Trinajstić information content (AvgIpc) is 2.78. The van der Waals surface area contributed by atoms with E-state index >= 15 is 0 Å². The molecule has 2 N–H and O–H groups in total. The molecule has 5 nitrogen and oxygen atoms in total. The number of ether oxygens (including phenoxy) is 1. The molecule has 0 atom stereocenters. The highest BCUT2D eigenvalue weighted by molar-refractivity contribution is 5.95. The number of hydrogen-bond acceptors (Lipinski definition) is 3. The monoisotopic (exact) mass is 410 g/mol. The minimum absolute atomic E-state index is 0.108. The predicted molar refractivity (Wildman–Crippen MR) is 123 cm³/mol. The third-order valence-electron chi connectivity index (χ3n) is 4.73. The molecule has 0 bridgehead atoms. The van der Waals surface area contributed by atoms with E-state index in [0.717, 1.165) is 16.3 Å². The van der Waals surface area contributed by atoms with Crippen LogP contribution in [0.25, 0.3) is 10.8 Å². The second-order valence-corrected chi connectivity index (χ2v) is 7.14. The summed E-state index contributed by atoms with van der Waals surface area (Å²) in [5, 5.41) is 7.83. The average molecular weight is 410 g/mol. The Kier molecular flexibility index (Phi) is 6.24. The van der Waals surface area contributed by atoms with Gasteiger partial charge in [0, 0.05) is 11.4 Å². The Bertz CT molecular complexity index is 1210. The summed E-state index contributed by atoms with van der Waals surface area (Å²) in [4.78, 5) is 24.6. The summed E-state index contributed by atoms with van der Waals surface area (Å²) in [6.07, 6.45) is 0.289. The number of benzene rings is 4. The molecule has 0 saturated carbocycles. The fourth-order valence-corrected chi connectivity index (χ4v) is 3.26. The molecule has 0 aromatic heterocycles. The van der Waals surface area contributed by atoms with Gasteiger partial charge < -0.3 is 15.4 Å². The summed E-state index contributed by atoms with van der Waals surface area (Å²) in [5.74, 6) is 0.242. The van der Waals surface area contributed by atoms with Crippen LogP contribution in [0, 0.1) is 0 Å². The molecule has 4 rings (SSSR count). The Morgan fingerprint density at radius 2 is 1.32 bits per heavy atom. The molecule has 31 heavy (non-hydrogen) atoms. The molecule has 2 amide bonds. The van der Waals surface area contributed by atoms with Crippen molar-refractivity contribution in [3.8, 4) is 5.75 Å². The normalized spacial score (nSPS) is 10.5. The van der Waals surface area contributed by atoms with E-state index in [9.17, 15) is 9.59 Å². The number of rotatable bonds is 7. The lowest BCUT2D eigenvalue weighted by Gasteiger charge is -2.10. The SMILES string of the molecule is O=C(COc1ccc2ccccc2c1)Nc1cccc(NC(=O)Cc2ccccc2)c1. The number of nitrogens with one attached hydrogen (secondary N) is 2. The highest BCUT2D eigenvalue weighted by Gasteiger charge is 2.07. The van der Waals surface area contributed by atoms with Gasteiger partial charge in [-0.2, -0.15) is 0 Å². The van der Waals surface area contributed by atoms with Crippen molar-refractivity contribution in [1.82, 2.24) is 0 Å². The topological polar surface area (TPSA) is 67.4 Å². The quantitative estimate of drug-likeness (QED) is 0.449. The van der Waals surface area contributed by atoms with Gasteiger partial charge in [-0.1, -0.05) is 66.7 Å². The van der Waals surface area contributed by atoms with Gasteiger partial charge in [0.2, 0.25) is 5.91 Å². The molecule has 4 aromatic rings. The lowest BCUT2D eigenvalue weighted by atomic mass is 10.1. The molecule has 0 heterocycles. The minimum atomic E-state index is -0.277. The minimum Gasteiger partial charge on any atom is -0.484 e. The maximum atomic E-state index is 12.3. The lowest BCUT2D eigenvalue weighted by molar-refractivity contribution is -0.118. The summed E-state index contributed by atoms with van der Waals surface area (Å²) in [6, 6.07) is 30.3. The Balaban J connectivity index is 1.31. The van der Waals surface area contributed by atoms with Crippen molar-refractivity contribution in [2.45, 2.75) is 6.42 Å². The Morgan fingerprint density at radius 3 is 2.10 bits per heavy atom. The van der Waals surface area contributed by atoms with Crippen LogP contribution in [0.4, 0.5) is 11.4 Å². The van der Waals surface area contributed by atoms with Gasteiger partial charge in [0.05, 0.1) is 6.42 Å². The van der Waals surface area contributed by atoms with Crippen LogP contribution in [-0.2, 0) is 16.0 Å². The molecule has 0 fully saturated rings. The fraction of sp³-hybridized carbons (Fsp3) is 0.0769. The number of fused-ring (bicyclic) bond motifs is 1. The van der Waals surface area contributed by atoms with Gasteiger partial charge in [-0.25, -0.2) is 0 Å². The number of carbonyl (C=O) groups excluding carboxylic acids is 2. The first kappa shape index (κ1) is 20.2. The van der Waals surface area contributed by atoms with Crippen molar-refractivity contribution in [3.63, 3.8) is 0 Å². The predicted octanol–water partition coefficient (Wildman–Crippen LogP) is 5.04. The molecule has 0 radical (unpaired) electrons. The Hall–Kier alpha value is -4.12. The van der Waals surface area contributed by atoms with Crippen molar-refractivity contribution in [3.05, 3.63) is 103 Å². The lowest BCUT2D eigenvalue weighted by Crippen LogP contribution is -2.20. The number of carbonyl (C=O) groups is 2. The van der Waals surface area contributed by atoms with Gasteiger partial charge >= 0.3 is 0 Å². The van der Waals surface area contributed by atoms with E-state index in [1.54, 1.807) is 24.3 Å². The van der Waals surface area contributed by atoms with Crippen LogP contribution in [0.1, 0.15) is 5.56 Å². The van der Waals surface area contributed by atoms with E-state index in [2.05, 4.69) is 10.6 Å². The van der Waals surface area contributed by atoms with Crippen LogP contribution in [0.5, 0.6) is 5.75 Å². The van der Waals surface area contributed by atoms with E-state index in [-0.39, 0.29) is 24.8 Å². The van der Waals surface area contributed by atoms with E-state index < -0.39 is 0 Å². The molecule has 0 aliphatic heterocycles. The zero-order valence-corrected chi connectivity index (χ0v) is 16.9. The molecular weight excluding hydrogens is 388 g/mol. The van der Waals surface area contributed by atoms with Crippen LogP contribution in [0.3, 0.4) is 0 Å². The van der Waals surface area contributed by atoms with Crippen molar-refractivity contribution in [2.24, 2.45) is 0 Å². The van der Waals surface area contributed by atoms with Crippen LogP contribution >= 0.6 is 0 Å². The Morgan fingerprint density at radius 1 is 0.645 bits per heavy atom. The largest absolute Gasteiger partial charge is 0.484 e. The first-order valence-corrected chi connectivity index (χ1v) is 10.0. The van der Waals surface area contributed by atoms with Crippen molar-refractivity contribution >= 4 is 34.0 Å². The van der Waals surface area contributed by atoms with Crippen LogP contribution in [0.2, 0.25) is 0 Å². The fourth-order valence-electron chi connectivity index (χ4n) is 3.26. The smallest absolute Gasteiger partial charge is 0.262 e. The maximum Gasteiger partial charge on any atom is 0.262 e. The number of amides is 2. The molecule has 0 aliphatic rings. The van der Waals surface area contributed by atoms with E-state index in [1.807, 2.05) is 72.8 Å². The number of hydrogen-bond donors (Lipinski definition) is 2. The highest BCUT2D eigenvalue weighted by Crippen LogP contribution is 2.21. The Labute approximate surface area is 180 Å². The maximum absolute atomic E-state index is 12.3. The second kappa shape index (κ2) is 9.59. The zero-order valence-electron chi connectivity index (χ0n) is 16.9. The van der Waals surface area contributed by atoms with E-state index in [0.29, 0.717) is 17.1 Å².